The summed E-state index contributed by atoms with van der Waals surface area (Å²) in [5.41, 5.74) is 1.67. The van der Waals surface area contributed by atoms with Crippen LogP contribution in [0.3, 0.4) is 0 Å². The zero-order valence-corrected chi connectivity index (χ0v) is 20.4. The van der Waals surface area contributed by atoms with Crippen molar-refractivity contribution in [2.45, 2.75) is 13.5 Å². The number of hydrogen-bond acceptors (Lipinski definition) is 5. The van der Waals surface area contributed by atoms with Gasteiger partial charge in [-0.1, -0.05) is 18.2 Å². The van der Waals surface area contributed by atoms with Gasteiger partial charge in [-0.3, -0.25) is 0 Å². The molecule has 1 N–H and O–H groups in total. The molecular weight excluding hydrogens is 512 g/mol. The van der Waals surface area contributed by atoms with Crippen molar-refractivity contribution in [1.29, 1.82) is 0 Å². The topological polar surface area (TPSA) is 62.2 Å². The van der Waals surface area contributed by atoms with E-state index in [0.29, 0.717) is 31.3 Å². The van der Waals surface area contributed by atoms with Gasteiger partial charge in [-0.25, -0.2) is 14.4 Å². The highest BCUT2D eigenvalue weighted by molar-refractivity contribution is 14.0. The fourth-order valence-corrected chi connectivity index (χ4v) is 3.28. The Balaban J connectivity index is 0.00000341. The van der Waals surface area contributed by atoms with Crippen molar-refractivity contribution >= 4 is 35.6 Å². The normalized spacial score (nSPS) is 14.2. The maximum atomic E-state index is 14.1. The van der Waals surface area contributed by atoms with Crippen LogP contribution in [-0.2, 0) is 11.3 Å². The fraction of sp³-hybridized carbons (Fsp3) is 0.455. The van der Waals surface area contributed by atoms with Gasteiger partial charge in [0.1, 0.15) is 12.4 Å². The Labute approximate surface area is 200 Å². The van der Waals surface area contributed by atoms with Crippen LogP contribution in [0.5, 0.6) is 5.88 Å². The second-order valence-corrected chi connectivity index (χ2v) is 6.94. The first-order valence-corrected chi connectivity index (χ1v) is 10.3. The van der Waals surface area contributed by atoms with E-state index < -0.39 is 0 Å². The Morgan fingerprint density at radius 2 is 1.90 bits per heavy atom. The molecule has 1 aliphatic rings. The van der Waals surface area contributed by atoms with Gasteiger partial charge in [0.15, 0.2) is 5.96 Å². The van der Waals surface area contributed by atoms with Crippen molar-refractivity contribution in [2.24, 2.45) is 4.99 Å². The monoisotopic (exact) mass is 543 g/mol. The predicted molar refractivity (Wildman–Crippen MR) is 132 cm³/mol. The average molecular weight is 543 g/mol. The second-order valence-electron chi connectivity index (χ2n) is 6.94. The van der Waals surface area contributed by atoms with E-state index >= 15 is 0 Å². The molecule has 1 aromatic carbocycles. The molecular formula is C22H31FIN5O2. The highest BCUT2D eigenvalue weighted by Crippen LogP contribution is 2.20. The van der Waals surface area contributed by atoms with Crippen LogP contribution in [-0.4, -0.2) is 68.9 Å². The number of nitrogens with zero attached hydrogens (tertiary/aromatic N) is 4. The number of piperazine rings is 1. The van der Waals surface area contributed by atoms with Gasteiger partial charge in [-0.15, -0.1) is 24.0 Å². The summed E-state index contributed by atoms with van der Waals surface area (Å²) in [4.78, 5) is 13.4. The summed E-state index contributed by atoms with van der Waals surface area (Å²) in [6.07, 6.45) is 1.78. The van der Waals surface area contributed by atoms with Crippen molar-refractivity contribution < 1.29 is 13.9 Å². The number of rotatable bonds is 8. The van der Waals surface area contributed by atoms with Crippen molar-refractivity contribution in [2.75, 3.05) is 57.9 Å². The van der Waals surface area contributed by atoms with Crippen molar-refractivity contribution in [3.63, 3.8) is 0 Å². The van der Waals surface area contributed by atoms with Crippen LogP contribution in [0.15, 0.2) is 47.6 Å². The molecule has 2 heterocycles. The molecule has 31 heavy (non-hydrogen) atoms. The van der Waals surface area contributed by atoms with Gasteiger partial charge in [0.2, 0.25) is 5.88 Å². The fourth-order valence-electron chi connectivity index (χ4n) is 3.28. The van der Waals surface area contributed by atoms with Crippen molar-refractivity contribution in [1.82, 2.24) is 15.2 Å². The van der Waals surface area contributed by atoms with Gasteiger partial charge in [0.05, 0.1) is 18.8 Å². The first kappa shape index (κ1) is 25.1. The lowest BCUT2D eigenvalue weighted by molar-refractivity contribution is 0.143. The number of methoxy groups -OCH3 is 1. The van der Waals surface area contributed by atoms with Gasteiger partial charge >= 0.3 is 0 Å². The molecule has 1 fully saturated rings. The predicted octanol–water partition coefficient (Wildman–Crippen LogP) is 3.15. The van der Waals surface area contributed by atoms with E-state index in [1.807, 2.05) is 24.3 Å². The molecule has 0 unspecified atom stereocenters. The summed E-state index contributed by atoms with van der Waals surface area (Å²) in [7, 11) is 1.64. The molecule has 0 amide bonds. The van der Waals surface area contributed by atoms with Crippen LogP contribution in [0.25, 0.3) is 0 Å². The molecule has 0 radical (unpaired) electrons. The summed E-state index contributed by atoms with van der Waals surface area (Å²) in [5.74, 6) is 1.27. The van der Waals surface area contributed by atoms with Crippen LogP contribution in [0.1, 0.15) is 12.5 Å². The molecule has 9 heteroatoms. The van der Waals surface area contributed by atoms with E-state index in [1.165, 1.54) is 6.07 Å². The molecule has 1 aromatic heterocycles. The number of guanidine groups is 1. The Kier molecular flexibility index (Phi) is 10.8. The highest BCUT2D eigenvalue weighted by atomic mass is 127. The highest BCUT2D eigenvalue weighted by Gasteiger charge is 2.21. The third kappa shape index (κ3) is 7.49. The zero-order chi connectivity index (χ0) is 21.2. The number of pyridine rings is 1. The Bertz CT molecular complexity index is 814. The summed E-state index contributed by atoms with van der Waals surface area (Å²) < 4.78 is 24.5. The number of halogens is 2. The standard InChI is InChI=1S/C22H30FN5O2.HI/c1-3-24-22(26-17-18-8-9-21(25-16-18)30-15-14-29-2)28-12-10-27(11-13-28)20-7-5-4-6-19(20)23;/h4-9,16H,3,10-15,17H2,1-2H3,(H,24,26);1H. The minimum absolute atomic E-state index is 0. The third-order valence-corrected chi connectivity index (χ3v) is 4.85. The number of anilines is 1. The lowest BCUT2D eigenvalue weighted by atomic mass is 10.2. The molecule has 0 atom stereocenters. The van der Waals surface area contributed by atoms with Crippen LogP contribution in [0, 0.1) is 5.82 Å². The number of aromatic nitrogens is 1. The minimum atomic E-state index is -0.173. The summed E-state index contributed by atoms with van der Waals surface area (Å²) in [6.45, 7) is 7.45. The number of aliphatic imine (C=N–C) groups is 1. The van der Waals surface area contributed by atoms with E-state index in [9.17, 15) is 4.39 Å². The van der Waals surface area contributed by atoms with E-state index in [-0.39, 0.29) is 29.8 Å². The lowest BCUT2D eigenvalue weighted by Gasteiger charge is -2.37. The molecule has 2 aromatic rings. The third-order valence-electron chi connectivity index (χ3n) is 4.85. The summed E-state index contributed by atoms with van der Waals surface area (Å²) in [6, 6.07) is 10.8. The summed E-state index contributed by atoms with van der Waals surface area (Å²) >= 11 is 0. The van der Waals surface area contributed by atoms with E-state index in [2.05, 4.69) is 27.0 Å². The van der Waals surface area contributed by atoms with Gasteiger partial charge in [0, 0.05) is 52.1 Å². The van der Waals surface area contributed by atoms with Gasteiger partial charge in [0.25, 0.3) is 0 Å². The van der Waals surface area contributed by atoms with Crippen LogP contribution in [0.4, 0.5) is 10.1 Å². The molecule has 0 spiro atoms. The maximum absolute atomic E-state index is 14.1. The molecule has 0 bridgehead atoms. The minimum Gasteiger partial charge on any atom is -0.475 e. The molecule has 1 aliphatic heterocycles. The van der Waals surface area contributed by atoms with E-state index in [1.54, 1.807) is 19.4 Å². The maximum Gasteiger partial charge on any atom is 0.213 e. The number of hydrogen-bond donors (Lipinski definition) is 1. The Morgan fingerprint density at radius 3 is 2.55 bits per heavy atom. The SMILES string of the molecule is CCNC(=NCc1ccc(OCCOC)nc1)N1CCN(c2ccccc2F)CC1.I. The van der Waals surface area contributed by atoms with Gasteiger partial charge in [-0.05, 0) is 24.6 Å². The van der Waals surface area contributed by atoms with E-state index in [0.717, 1.165) is 44.2 Å². The van der Waals surface area contributed by atoms with Gasteiger partial charge < -0.3 is 24.6 Å². The molecule has 1 saturated heterocycles. The van der Waals surface area contributed by atoms with Gasteiger partial charge in [-0.2, -0.15) is 0 Å². The molecule has 0 saturated carbocycles. The molecule has 0 aliphatic carbocycles. The van der Waals surface area contributed by atoms with E-state index in [4.69, 9.17) is 14.5 Å². The number of benzene rings is 1. The number of para-hydroxylation sites is 1. The first-order chi connectivity index (χ1) is 14.7. The summed E-state index contributed by atoms with van der Waals surface area (Å²) in [5, 5.41) is 3.36. The number of nitrogens with one attached hydrogen (secondary N) is 1. The van der Waals surface area contributed by atoms with Crippen LogP contribution >= 0.6 is 24.0 Å². The zero-order valence-electron chi connectivity index (χ0n) is 18.1. The molecule has 7 nitrogen and oxygen atoms in total. The largest absolute Gasteiger partial charge is 0.475 e. The molecule has 3 rings (SSSR count). The Hall–Kier alpha value is -2.14. The average Bonchev–Trinajstić information content (AvgIpc) is 2.78. The smallest absolute Gasteiger partial charge is 0.213 e. The quantitative estimate of drug-likeness (QED) is 0.239. The number of ether oxygens (including phenoxy) is 2. The van der Waals surface area contributed by atoms with Crippen molar-refractivity contribution in [3.05, 3.63) is 54.0 Å². The first-order valence-electron chi connectivity index (χ1n) is 10.3. The second kappa shape index (κ2) is 13.3. The molecule has 170 valence electrons. The van der Waals surface area contributed by atoms with Crippen molar-refractivity contribution in [3.8, 4) is 5.88 Å². The Morgan fingerprint density at radius 1 is 1.13 bits per heavy atom. The van der Waals surface area contributed by atoms with Crippen LogP contribution < -0.4 is 15.0 Å². The van der Waals surface area contributed by atoms with Crippen LogP contribution in [0.2, 0.25) is 0 Å². The lowest BCUT2D eigenvalue weighted by Crippen LogP contribution is -2.52.